The number of nitrogens with two attached hydrogens (primary N) is 1. The van der Waals surface area contributed by atoms with E-state index in [1.807, 2.05) is 0 Å². The molecule has 1 aromatic rings. The Morgan fingerprint density at radius 1 is 1.21 bits per heavy atom. The topological polar surface area (TPSA) is 45.4 Å². The zero-order valence-corrected chi connectivity index (χ0v) is 12.1. The van der Waals surface area contributed by atoms with Crippen molar-refractivity contribution in [3.05, 3.63) is 29.8 Å². The molecule has 0 spiro atoms. The van der Waals surface area contributed by atoms with E-state index in [-0.39, 0.29) is 11.9 Å². The number of aromatic nitrogens is 1. The van der Waals surface area contributed by atoms with E-state index in [1.54, 1.807) is 6.07 Å². The van der Waals surface area contributed by atoms with Gasteiger partial charge in [-0.1, -0.05) is 0 Å². The summed E-state index contributed by atoms with van der Waals surface area (Å²) in [5.74, 6) is -0.322. The minimum atomic E-state index is -0.322. The largest absolute Gasteiger partial charge is 0.323 e. The Morgan fingerprint density at radius 3 is 2.53 bits per heavy atom. The molecule has 0 aromatic carbocycles. The average Bonchev–Trinajstić information content (AvgIpc) is 2.36. The highest BCUT2D eigenvalue weighted by Gasteiger charge is 2.09. The molecule has 1 rings (SSSR count). The highest BCUT2D eigenvalue weighted by molar-refractivity contribution is 5.09. The van der Waals surface area contributed by atoms with Crippen molar-refractivity contribution in [2.75, 3.05) is 40.8 Å². The summed E-state index contributed by atoms with van der Waals surface area (Å²) < 4.78 is 12.8. The Labute approximate surface area is 115 Å². The summed E-state index contributed by atoms with van der Waals surface area (Å²) in [6.07, 6.45) is 3.20. The average molecular weight is 268 g/mol. The Morgan fingerprint density at radius 2 is 1.95 bits per heavy atom. The van der Waals surface area contributed by atoms with Crippen LogP contribution in [0.25, 0.3) is 0 Å². The van der Waals surface area contributed by atoms with Crippen LogP contribution in [-0.2, 0) is 0 Å². The van der Waals surface area contributed by atoms with Gasteiger partial charge in [-0.2, -0.15) is 0 Å². The summed E-state index contributed by atoms with van der Waals surface area (Å²) in [4.78, 5) is 8.47. The van der Waals surface area contributed by atoms with Gasteiger partial charge in [-0.15, -0.1) is 0 Å². The van der Waals surface area contributed by atoms with Gasteiger partial charge in [0, 0.05) is 6.04 Å². The fraction of sp³-hybridized carbons (Fsp3) is 0.643. The van der Waals surface area contributed by atoms with Crippen LogP contribution in [0.5, 0.6) is 0 Å². The van der Waals surface area contributed by atoms with Crippen molar-refractivity contribution in [3.63, 3.8) is 0 Å². The zero-order chi connectivity index (χ0) is 14.3. The van der Waals surface area contributed by atoms with Gasteiger partial charge in [-0.25, -0.2) is 4.39 Å². The van der Waals surface area contributed by atoms with Gasteiger partial charge in [0.25, 0.3) is 0 Å². The molecule has 0 aliphatic heterocycles. The Kier molecular flexibility index (Phi) is 6.91. The molecule has 0 amide bonds. The van der Waals surface area contributed by atoms with Gasteiger partial charge in [0.15, 0.2) is 0 Å². The second-order valence-corrected chi connectivity index (χ2v) is 5.26. The number of nitrogens with zero attached hydrogens (tertiary/aromatic N) is 3. The van der Waals surface area contributed by atoms with Gasteiger partial charge >= 0.3 is 0 Å². The lowest BCUT2D eigenvalue weighted by Crippen LogP contribution is -2.27. The van der Waals surface area contributed by atoms with Crippen molar-refractivity contribution in [2.45, 2.75) is 18.9 Å². The number of pyridine rings is 1. The molecule has 2 N–H and O–H groups in total. The molecule has 0 aliphatic rings. The van der Waals surface area contributed by atoms with Crippen LogP contribution >= 0.6 is 0 Å². The monoisotopic (exact) mass is 268 g/mol. The SMILES string of the molecule is CN(C)CCCN(C)CCC(N)c1ccc(F)cn1. The maximum Gasteiger partial charge on any atom is 0.141 e. The first-order valence-corrected chi connectivity index (χ1v) is 6.69. The second kappa shape index (κ2) is 8.19. The maximum absolute atomic E-state index is 12.8. The quantitative estimate of drug-likeness (QED) is 0.776. The first kappa shape index (κ1) is 16.0. The molecule has 1 unspecified atom stereocenters. The molecule has 0 radical (unpaired) electrons. The fourth-order valence-corrected chi connectivity index (χ4v) is 1.88. The standard InChI is InChI=1S/C14H25FN4/c1-18(2)8-4-9-19(3)10-7-13(16)14-6-5-12(15)11-17-14/h5-6,11,13H,4,7-10,16H2,1-3H3. The molecular weight excluding hydrogens is 243 g/mol. The lowest BCUT2D eigenvalue weighted by Gasteiger charge is -2.20. The molecule has 1 atom stereocenters. The number of rotatable bonds is 8. The van der Waals surface area contributed by atoms with E-state index >= 15 is 0 Å². The Balaban J connectivity index is 2.25. The Hall–Kier alpha value is -1.04. The Bertz CT molecular complexity index is 353. The minimum Gasteiger partial charge on any atom is -0.323 e. The van der Waals surface area contributed by atoms with E-state index < -0.39 is 0 Å². The molecule has 19 heavy (non-hydrogen) atoms. The highest BCUT2D eigenvalue weighted by atomic mass is 19.1. The third-order valence-corrected chi connectivity index (χ3v) is 3.10. The van der Waals surface area contributed by atoms with E-state index in [1.165, 1.54) is 12.3 Å². The van der Waals surface area contributed by atoms with E-state index in [9.17, 15) is 4.39 Å². The lowest BCUT2D eigenvalue weighted by atomic mass is 10.1. The van der Waals surface area contributed by atoms with Crippen LogP contribution in [0, 0.1) is 5.82 Å². The van der Waals surface area contributed by atoms with E-state index in [0.717, 1.165) is 38.2 Å². The zero-order valence-electron chi connectivity index (χ0n) is 12.1. The third kappa shape index (κ3) is 6.61. The van der Waals surface area contributed by atoms with Crippen molar-refractivity contribution in [2.24, 2.45) is 5.73 Å². The van der Waals surface area contributed by atoms with Crippen LogP contribution in [0.15, 0.2) is 18.3 Å². The minimum absolute atomic E-state index is 0.128. The normalized spacial score (nSPS) is 13.2. The molecule has 0 aliphatic carbocycles. The van der Waals surface area contributed by atoms with Gasteiger partial charge in [0.05, 0.1) is 11.9 Å². The van der Waals surface area contributed by atoms with E-state index in [4.69, 9.17) is 5.73 Å². The number of halogens is 1. The van der Waals surface area contributed by atoms with Crippen molar-refractivity contribution >= 4 is 0 Å². The predicted molar refractivity (Wildman–Crippen MR) is 76.4 cm³/mol. The first-order valence-electron chi connectivity index (χ1n) is 6.69. The highest BCUT2D eigenvalue weighted by Crippen LogP contribution is 2.11. The molecule has 0 bridgehead atoms. The van der Waals surface area contributed by atoms with Gasteiger partial charge < -0.3 is 15.5 Å². The smallest absolute Gasteiger partial charge is 0.141 e. The number of hydrogen-bond acceptors (Lipinski definition) is 4. The predicted octanol–water partition coefficient (Wildman–Crippen LogP) is 1.49. The number of hydrogen-bond donors (Lipinski definition) is 1. The molecule has 1 aromatic heterocycles. The van der Waals surface area contributed by atoms with Crippen LogP contribution < -0.4 is 5.73 Å². The van der Waals surface area contributed by atoms with Gasteiger partial charge in [0.1, 0.15) is 5.82 Å². The van der Waals surface area contributed by atoms with Gasteiger partial charge in [-0.05, 0) is 65.8 Å². The van der Waals surface area contributed by atoms with Crippen LogP contribution in [0.1, 0.15) is 24.6 Å². The van der Waals surface area contributed by atoms with Crippen molar-refractivity contribution in [3.8, 4) is 0 Å². The van der Waals surface area contributed by atoms with Gasteiger partial charge in [0.2, 0.25) is 0 Å². The van der Waals surface area contributed by atoms with Crippen LogP contribution in [0.4, 0.5) is 4.39 Å². The van der Waals surface area contributed by atoms with Crippen molar-refractivity contribution in [1.29, 1.82) is 0 Å². The maximum atomic E-state index is 12.8. The molecular formula is C14H25FN4. The summed E-state index contributed by atoms with van der Waals surface area (Å²) in [5, 5.41) is 0. The first-order chi connectivity index (χ1) is 8.99. The van der Waals surface area contributed by atoms with E-state index in [2.05, 4.69) is 35.9 Å². The van der Waals surface area contributed by atoms with Crippen molar-refractivity contribution in [1.82, 2.24) is 14.8 Å². The molecule has 108 valence electrons. The molecule has 0 fully saturated rings. The molecule has 0 saturated carbocycles. The fourth-order valence-electron chi connectivity index (χ4n) is 1.88. The second-order valence-electron chi connectivity index (χ2n) is 5.26. The molecule has 1 heterocycles. The van der Waals surface area contributed by atoms with Crippen LogP contribution in [-0.4, -0.2) is 55.6 Å². The summed E-state index contributed by atoms with van der Waals surface area (Å²) in [6, 6.07) is 2.94. The van der Waals surface area contributed by atoms with Crippen LogP contribution in [0.3, 0.4) is 0 Å². The summed E-state index contributed by atoms with van der Waals surface area (Å²) in [5.41, 5.74) is 6.80. The summed E-state index contributed by atoms with van der Waals surface area (Å²) in [6.45, 7) is 3.07. The molecule has 5 heteroatoms. The van der Waals surface area contributed by atoms with Crippen LogP contribution in [0.2, 0.25) is 0 Å². The summed E-state index contributed by atoms with van der Waals surface area (Å²) in [7, 11) is 6.26. The molecule has 0 saturated heterocycles. The van der Waals surface area contributed by atoms with Gasteiger partial charge in [-0.3, -0.25) is 4.98 Å². The van der Waals surface area contributed by atoms with E-state index in [0.29, 0.717) is 0 Å². The van der Waals surface area contributed by atoms with Crippen molar-refractivity contribution < 1.29 is 4.39 Å². The molecule has 4 nitrogen and oxygen atoms in total. The summed E-state index contributed by atoms with van der Waals surface area (Å²) >= 11 is 0. The third-order valence-electron chi connectivity index (χ3n) is 3.10. The lowest BCUT2D eigenvalue weighted by molar-refractivity contribution is 0.290.